The van der Waals surface area contributed by atoms with E-state index in [0.29, 0.717) is 11.7 Å². The summed E-state index contributed by atoms with van der Waals surface area (Å²) in [6.45, 7) is 4.68. The number of aromatic nitrogens is 1. The van der Waals surface area contributed by atoms with Crippen LogP contribution < -0.4 is 0 Å². The largest absolute Gasteiger partial charge is 0.297 e. The molecular weight excluding hydrogens is 258 g/mol. The second-order valence-corrected chi connectivity index (χ2v) is 5.56. The molecule has 0 radical (unpaired) electrons. The van der Waals surface area contributed by atoms with Crippen LogP contribution in [-0.2, 0) is 0 Å². The lowest BCUT2D eigenvalue weighted by molar-refractivity contribution is 0.263. The minimum atomic E-state index is 0.460. The normalized spacial score (nSPS) is 16.6. The van der Waals surface area contributed by atoms with Crippen LogP contribution in [0.15, 0.2) is 42.5 Å². The van der Waals surface area contributed by atoms with Gasteiger partial charge >= 0.3 is 0 Å². The summed E-state index contributed by atoms with van der Waals surface area (Å²) in [5.74, 6) is 0. The molecule has 0 saturated carbocycles. The number of nitriles is 1. The number of likely N-dealkylation sites (tertiary alicyclic amines) is 1. The summed E-state index contributed by atoms with van der Waals surface area (Å²) in [5.41, 5.74) is 3.72. The van der Waals surface area contributed by atoms with Gasteiger partial charge in [0.05, 0.1) is 5.69 Å². The molecule has 106 valence electrons. The van der Waals surface area contributed by atoms with Crippen LogP contribution in [0, 0.1) is 11.3 Å². The molecule has 2 heterocycles. The lowest BCUT2D eigenvalue weighted by atomic mass is 10.0. The second kappa shape index (κ2) is 6.07. The fourth-order valence-corrected chi connectivity index (χ4v) is 2.93. The molecule has 0 bridgehead atoms. The van der Waals surface area contributed by atoms with Crippen LogP contribution in [-0.4, -0.2) is 23.0 Å². The third-order valence-electron chi connectivity index (χ3n) is 4.24. The zero-order valence-corrected chi connectivity index (χ0v) is 12.3. The number of hydrogen-bond acceptors (Lipinski definition) is 3. The molecule has 1 aliphatic rings. The number of rotatable bonds is 3. The highest BCUT2D eigenvalue weighted by molar-refractivity contribution is 5.60. The van der Waals surface area contributed by atoms with Crippen molar-refractivity contribution in [2.75, 3.05) is 13.1 Å². The van der Waals surface area contributed by atoms with Crippen molar-refractivity contribution in [1.82, 2.24) is 9.88 Å². The maximum atomic E-state index is 8.93. The van der Waals surface area contributed by atoms with E-state index in [1.54, 1.807) is 6.07 Å². The highest BCUT2D eigenvalue weighted by Gasteiger charge is 2.19. The van der Waals surface area contributed by atoms with Crippen molar-refractivity contribution in [1.29, 1.82) is 5.26 Å². The van der Waals surface area contributed by atoms with Crippen LogP contribution in [0.1, 0.15) is 37.1 Å². The highest BCUT2D eigenvalue weighted by atomic mass is 15.2. The molecule has 21 heavy (non-hydrogen) atoms. The summed E-state index contributed by atoms with van der Waals surface area (Å²) in [6.07, 6.45) is 2.63. The summed E-state index contributed by atoms with van der Waals surface area (Å²) in [4.78, 5) is 6.87. The van der Waals surface area contributed by atoms with Crippen LogP contribution in [0.5, 0.6) is 0 Å². The molecule has 3 rings (SSSR count). The van der Waals surface area contributed by atoms with Crippen molar-refractivity contribution in [3.8, 4) is 17.3 Å². The smallest absolute Gasteiger partial charge is 0.141 e. The summed E-state index contributed by atoms with van der Waals surface area (Å²) in [5, 5.41) is 8.93. The van der Waals surface area contributed by atoms with Gasteiger partial charge in [-0.3, -0.25) is 4.90 Å². The van der Waals surface area contributed by atoms with E-state index in [1.807, 2.05) is 12.1 Å². The monoisotopic (exact) mass is 277 g/mol. The van der Waals surface area contributed by atoms with Crippen molar-refractivity contribution < 1.29 is 0 Å². The zero-order valence-electron chi connectivity index (χ0n) is 12.3. The van der Waals surface area contributed by atoms with Crippen molar-refractivity contribution in [3.05, 3.63) is 53.7 Å². The molecule has 0 amide bonds. The van der Waals surface area contributed by atoms with Gasteiger partial charge < -0.3 is 0 Å². The summed E-state index contributed by atoms with van der Waals surface area (Å²) in [6, 6.07) is 16.7. The first-order valence-electron chi connectivity index (χ1n) is 7.49. The molecule has 1 unspecified atom stereocenters. The Morgan fingerprint density at radius 2 is 1.81 bits per heavy atom. The molecule has 0 aliphatic carbocycles. The van der Waals surface area contributed by atoms with Crippen molar-refractivity contribution >= 4 is 0 Å². The average Bonchev–Trinajstić information content (AvgIpc) is 3.09. The van der Waals surface area contributed by atoms with Gasteiger partial charge in [-0.15, -0.1) is 0 Å². The lowest BCUT2D eigenvalue weighted by Gasteiger charge is -2.24. The fourth-order valence-electron chi connectivity index (χ4n) is 2.93. The van der Waals surface area contributed by atoms with Crippen LogP contribution in [0.3, 0.4) is 0 Å². The number of hydrogen-bond donors (Lipinski definition) is 0. The van der Waals surface area contributed by atoms with Gasteiger partial charge in [0.25, 0.3) is 0 Å². The van der Waals surface area contributed by atoms with Gasteiger partial charge in [-0.05, 0) is 50.6 Å². The maximum Gasteiger partial charge on any atom is 0.141 e. The number of nitrogens with zero attached hydrogens (tertiary/aromatic N) is 3. The predicted molar refractivity (Wildman–Crippen MR) is 83.6 cm³/mol. The predicted octanol–water partition coefficient (Wildman–Crippen LogP) is 3.78. The quantitative estimate of drug-likeness (QED) is 0.857. The standard InChI is InChI=1S/C18H19N3/c1-14(21-11-2-3-12-21)15-7-9-16(10-8-15)18-6-4-5-17(13-19)20-18/h4-10,14H,2-3,11-12H2,1H3. The van der Waals surface area contributed by atoms with Gasteiger partial charge in [0.1, 0.15) is 11.8 Å². The van der Waals surface area contributed by atoms with Crippen LogP contribution in [0.25, 0.3) is 11.3 Å². The molecule has 1 saturated heterocycles. The van der Waals surface area contributed by atoms with Crippen LogP contribution >= 0.6 is 0 Å². The lowest BCUT2D eigenvalue weighted by Crippen LogP contribution is -2.23. The SMILES string of the molecule is CC(c1ccc(-c2cccc(C#N)n2)cc1)N1CCCC1. The Bertz CT molecular complexity index is 649. The zero-order chi connectivity index (χ0) is 14.7. The molecule has 0 N–H and O–H groups in total. The maximum absolute atomic E-state index is 8.93. The van der Waals surface area contributed by atoms with E-state index < -0.39 is 0 Å². The molecule has 3 heteroatoms. The third kappa shape index (κ3) is 2.96. The van der Waals surface area contributed by atoms with Crippen LogP contribution in [0.2, 0.25) is 0 Å². The Morgan fingerprint density at radius 3 is 2.48 bits per heavy atom. The first-order chi connectivity index (χ1) is 10.3. The Labute approximate surface area is 125 Å². The molecule has 0 spiro atoms. The number of benzene rings is 1. The topological polar surface area (TPSA) is 39.9 Å². The van der Waals surface area contributed by atoms with E-state index in [9.17, 15) is 0 Å². The van der Waals surface area contributed by atoms with Crippen molar-refractivity contribution in [2.45, 2.75) is 25.8 Å². The van der Waals surface area contributed by atoms with Gasteiger partial charge in [-0.2, -0.15) is 5.26 Å². The van der Waals surface area contributed by atoms with E-state index >= 15 is 0 Å². The van der Waals surface area contributed by atoms with Gasteiger partial charge in [0.15, 0.2) is 0 Å². The summed E-state index contributed by atoms with van der Waals surface area (Å²) in [7, 11) is 0. The van der Waals surface area contributed by atoms with Gasteiger partial charge in [-0.1, -0.05) is 30.3 Å². The Hall–Kier alpha value is -2.18. The molecule has 1 aliphatic heterocycles. The molecular formula is C18H19N3. The molecule has 2 aromatic rings. The molecule has 1 aromatic heterocycles. The first kappa shape index (κ1) is 13.8. The van der Waals surface area contributed by atoms with E-state index in [2.05, 4.69) is 47.1 Å². The minimum absolute atomic E-state index is 0.460. The Balaban J connectivity index is 1.81. The minimum Gasteiger partial charge on any atom is -0.297 e. The average molecular weight is 277 g/mol. The second-order valence-electron chi connectivity index (χ2n) is 5.56. The van der Waals surface area contributed by atoms with Crippen molar-refractivity contribution in [2.24, 2.45) is 0 Å². The van der Waals surface area contributed by atoms with Crippen LogP contribution in [0.4, 0.5) is 0 Å². The number of pyridine rings is 1. The summed E-state index contributed by atoms with van der Waals surface area (Å²) < 4.78 is 0. The highest BCUT2D eigenvalue weighted by Crippen LogP contribution is 2.26. The Morgan fingerprint density at radius 1 is 1.10 bits per heavy atom. The van der Waals surface area contributed by atoms with E-state index in [1.165, 1.54) is 31.5 Å². The van der Waals surface area contributed by atoms with Crippen molar-refractivity contribution in [3.63, 3.8) is 0 Å². The van der Waals surface area contributed by atoms with E-state index in [4.69, 9.17) is 5.26 Å². The Kier molecular flexibility index (Phi) is 3.98. The van der Waals surface area contributed by atoms with E-state index in [-0.39, 0.29) is 0 Å². The fraction of sp³-hybridized carbons (Fsp3) is 0.333. The first-order valence-corrected chi connectivity index (χ1v) is 7.49. The summed E-state index contributed by atoms with van der Waals surface area (Å²) >= 11 is 0. The van der Waals surface area contributed by atoms with Gasteiger partial charge in [0, 0.05) is 11.6 Å². The molecule has 1 atom stereocenters. The van der Waals surface area contributed by atoms with E-state index in [0.717, 1.165) is 11.3 Å². The van der Waals surface area contributed by atoms with Gasteiger partial charge in [0.2, 0.25) is 0 Å². The molecule has 1 fully saturated rings. The molecule has 1 aromatic carbocycles. The third-order valence-corrected chi connectivity index (χ3v) is 4.24. The molecule has 3 nitrogen and oxygen atoms in total. The van der Waals surface area contributed by atoms with Gasteiger partial charge in [-0.25, -0.2) is 4.98 Å².